The van der Waals surface area contributed by atoms with Crippen LogP contribution in [-0.2, 0) is 6.54 Å². The summed E-state index contributed by atoms with van der Waals surface area (Å²) in [5, 5.41) is 3.47. The molecule has 0 radical (unpaired) electrons. The maximum atomic E-state index is 5.70. The van der Waals surface area contributed by atoms with E-state index < -0.39 is 0 Å². The number of aryl methyl sites for hydroxylation is 2. The van der Waals surface area contributed by atoms with Gasteiger partial charge in [0, 0.05) is 12.2 Å². The van der Waals surface area contributed by atoms with Crippen molar-refractivity contribution in [3.05, 3.63) is 59.2 Å². The van der Waals surface area contributed by atoms with Crippen molar-refractivity contribution in [2.45, 2.75) is 34.2 Å². The minimum absolute atomic E-state index is 0.552. The van der Waals surface area contributed by atoms with E-state index in [4.69, 9.17) is 4.74 Å². The molecule has 112 valence electrons. The van der Waals surface area contributed by atoms with Crippen LogP contribution in [0.5, 0.6) is 5.75 Å². The molecule has 0 spiro atoms. The minimum Gasteiger partial charge on any atom is -0.493 e. The van der Waals surface area contributed by atoms with Gasteiger partial charge in [0.25, 0.3) is 0 Å². The lowest BCUT2D eigenvalue weighted by molar-refractivity contribution is 0.271. The number of benzene rings is 2. The molecule has 0 atom stereocenters. The summed E-state index contributed by atoms with van der Waals surface area (Å²) in [6.07, 6.45) is 0. The molecule has 2 aromatic rings. The van der Waals surface area contributed by atoms with Crippen LogP contribution >= 0.6 is 0 Å². The smallest absolute Gasteiger partial charge is 0.119 e. The van der Waals surface area contributed by atoms with E-state index in [-0.39, 0.29) is 0 Å². The molecule has 0 bridgehead atoms. The van der Waals surface area contributed by atoms with Crippen molar-refractivity contribution in [3.63, 3.8) is 0 Å². The van der Waals surface area contributed by atoms with Crippen LogP contribution in [0.4, 0.5) is 5.69 Å². The summed E-state index contributed by atoms with van der Waals surface area (Å²) in [4.78, 5) is 0. The number of hydrogen-bond acceptors (Lipinski definition) is 2. The average Bonchev–Trinajstić information content (AvgIpc) is 2.43. The molecule has 1 N–H and O–H groups in total. The number of rotatable bonds is 6. The first-order chi connectivity index (χ1) is 10.0. The van der Waals surface area contributed by atoms with Crippen LogP contribution in [0.3, 0.4) is 0 Å². The highest BCUT2D eigenvalue weighted by Crippen LogP contribution is 2.17. The minimum atomic E-state index is 0.552. The summed E-state index contributed by atoms with van der Waals surface area (Å²) in [6, 6.07) is 14.9. The van der Waals surface area contributed by atoms with Crippen molar-refractivity contribution in [1.82, 2.24) is 0 Å². The first kappa shape index (κ1) is 15.4. The summed E-state index contributed by atoms with van der Waals surface area (Å²) in [5.41, 5.74) is 5.00. The Labute approximate surface area is 128 Å². The second kappa shape index (κ2) is 7.16. The van der Waals surface area contributed by atoms with Gasteiger partial charge < -0.3 is 10.1 Å². The summed E-state index contributed by atoms with van der Waals surface area (Å²) < 4.78 is 5.70. The Balaban J connectivity index is 1.91. The van der Waals surface area contributed by atoms with Crippen LogP contribution in [0, 0.1) is 19.8 Å². The zero-order valence-electron chi connectivity index (χ0n) is 13.4. The molecule has 0 unspecified atom stereocenters. The van der Waals surface area contributed by atoms with Gasteiger partial charge in [-0.25, -0.2) is 0 Å². The molecule has 0 saturated carbocycles. The summed E-state index contributed by atoms with van der Waals surface area (Å²) in [6.45, 7) is 10.1. The molecule has 0 amide bonds. The van der Waals surface area contributed by atoms with Crippen LogP contribution in [0.2, 0.25) is 0 Å². The standard InChI is InChI=1S/C19H25NO/c1-14(2)13-21-19-7-5-17(6-8-19)12-20-18-10-15(3)9-16(4)11-18/h5-11,14,20H,12-13H2,1-4H3. The molecule has 0 saturated heterocycles. The second-order valence-corrected chi connectivity index (χ2v) is 6.08. The Morgan fingerprint density at radius 1 is 0.952 bits per heavy atom. The highest BCUT2D eigenvalue weighted by molar-refractivity contribution is 5.48. The third kappa shape index (κ3) is 5.14. The van der Waals surface area contributed by atoms with E-state index in [9.17, 15) is 0 Å². The van der Waals surface area contributed by atoms with Crippen molar-refractivity contribution in [2.24, 2.45) is 5.92 Å². The van der Waals surface area contributed by atoms with Gasteiger partial charge in [-0.1, -0.05) is 32.0 Å². The largest absolute Gasteiger partial charge is 0.493 e. The quantitative estimate of drug-likeness (QED) is 0.810. The van der Waals surface area contributed by atoms with Crippen LogP contribution in [0.25, 0.3) is 0 Å². The first-order valence-corrected chi connectivity index (χ1v) is 7.57. The Bertz CT molecular complexity index is 552. The summed E-state index contributed by atoms with van der Waals surface area (Å²) in [5.74, 6) is 1.50. The van der Waals surface area contributed by atoms with E-state index in [1.54, 1.807) is 0 Å². The highest BCUT2D eigenvalue weighted by atomic mass is 16.5. The molecule has 2 nitrogen and oxygen atoms in total. The van der Waals surface area contributed by atoms with Gasteiger partial charge in [-0.3, -0.25) is 0 Å². The van der Waals surface area contributed by atoms with Gasteiger partial charge in [-0.15, -0.1) is 0 Å². The maximum absolute atomic E-state index is 5.70. The van der Waals surface area contributed by atoms with Crippen LogP contribution in [0.15, 0.2) is 42.5 Å². The lowest BCUT2D eigenvalue weighted by Gasteiger charge is -2.11. The Morgan fingerprint density at radius 2 is 1.57 bits per heavy atom. The van der Waals surface area contributed by atoms with E-state index in [0.717, 1.165) is 18.9 Å². The Kier molecular flexibility index (Phi) is 5.26. The fraction of sp³-hybridized carbons (Fsp3) is 0.368. The van der Waals surface area contributed by atoms with E-state index in [2.05, 4.69) is 63.3 Å². The number of ether oxygens (including phenoxy) is 1. The van der Waals surface area contributed by atoms with Gasteiger partial charge in [0.05, 0.1) is 6.61 Å². The zero-order valence-corrected chi connectivity index (χ0v) is 13.4. The van der Waals surface area contributed by atoms with Crippen LogP contribution in [0.1, 0.15) is 30.5 Å². The molecular weight excluding hydrogens is 258 g/mol. The molecule has 2 aromatic carbocycles. The summed E-state index contributed by atoms with van der Waals surface area (Å²) in [7, 11) is 0. The van der Waals surface area contributed by atoms with Crippen LogP contribution < -0.4 is 10.1 Å². The molecule has 2 heteroatoms. The number of anilines is 1. The average molecular weight is 283 g/mol. The SMILES string of the molecule is Cc1cc(C)cc(NCc2ccc(OCC(C)C)cc2)c1. The molecule has 0 aromatic heterocycles. The predicted molar refractivity (Wildman–Crippen MR) is 90.0 cm³/mol. The van der Waals surface area contributed by atoms with Crippen molar-refractivity contribution in [2.75, 3.05) is 11.9 Å². The first-order valence-electron chi connectivity index (χ1n) is 7.57. The molecule has 2 rings (SSSR count). The van der Waals surface area contributed by atoms with Gasteiger partial charge >= 0.3 is 0 Å². The maximum Gasteiger partial charge on any atom is 0.119 e. The third-order valence-electron chi connectivity index (χ3n) is 3.23. The lowest BCUT2D eigenvalue weighted by Crippen LogP contribution is -2.04. The molecule has 0 aliphatic heterocycles. The lowest BCUT2D eigenvalue weighted by atomic mass is 10.1. The fourth-order valence-electron chi connectivity index (χ4n) is 2.25. The van der Waals surface area contributed by atoms with Crippen LogP contribution in [-0.4, -0.2) is 6.61 Å². The van der Waals surface area contributed by atoms with E-state index in [0.29, 0.717) is 5.92 Å². The van der Waals surface area contributed by atoms with Gasteiger partial charge in [0.1, 0.15) is 5.75 Å². The van der Waals surface area contributed by atoms with E-state index in [1.165, 1.54) is 22.4 Å². The van der Waals surface area contributed by atoms with Crippen molar-refractivity contribution in [3.8, 4) is 5.75 Å². The van der Waals surface area contributed by atoms with E-state index >= 15 is 0 Å². The molecule has 0 aliphatic rings. The monoisotopic (exact) mass is 283 g/mol. The van der Waals surface area contributed by atoms with Gasteiger partial charge in [-0.2, -0.15) is 0 Å². The van der Waals surface area contributed by atoms with E-state index in [1.807, 2.05) is 12.1 Å². The fourth-order valence-corrected chi connectivity index (χ4v) is 2.25. The number of nitrogens with one attached hydrogen (secondary N) is 1. The molecule has 0 heterocycles. The Morgan fingerprint density at radius 3 is 2.14 bits per heavy atom. The molecule has 0 aliphatic carbocycles. The third-order valence-corrected chi connectivity index (χ3v) is 3.23. The second-order valence-electron chi connectivity index (χ2n) is 6.08. The molecule has 21 heavy (non-hydrogen) atoms. The molecule has 0 fully saturated rings. The topological polar surface area (TPSA) is 21.3 Å². The normalized spacial score (nSPS) is 10.7. The highest BCUT2D eigenvalue weighted by Gasteiger charge is 1.99. The van der Waals surface area contributed by atoms with Crippen molar-refractivity contribution < 1.29 is 4.74 Å². The Hall–Kier alpha value is -1.96. The summed E-state index contributed by atoms with van der Waals surface area (Å²) >= 11 is 0. The van der Waals surface area contributed by atoms with Crippen molar-refractivity contribution in [1.29, 1.82) is 0 Å². The van der Waals surface area contributed by atoms with Gasteiger partial charge in [0.15, 0.2) is 0 Å². The van der Waals surface area contributed by atoms with Gasteiger partial charge in [0.2, 0.25) is 0 Å². The number of hydrogen-bond donors (Lipinski definition) is 1. The molecular formula is C19H25NO. The zero-order chi connectivity index (χ0) is 15.2. The van der Waals surface area contributed by atoms with Gasteiger partial charge in [-0.05, 0) is 60.7 Å². The predicted octanol–water partition coefficient (Wildman–Crippen LogP) is 4.95. The van der Waals surface area contributed by atoms with Crippen molar-refractivity contribution >= 4 is 5.69 Å².